The molecule has 0 fully saturated rings. The third-order valence-electron chi connectivity index (χ3n) is 2.52. The second-order valence-corrected chi connectivity index (χ2v) is 5.23. The highest BCUT2D eigenvalue weighted by atomic mass is 32.2. The number of nitrogens with one attached hydrogen (secondary N) is 1. The van der Waals surface area contributed by atoms with Crippen LogP contribution in [0.5, 0.6) is 0 Å². The molecule has 0 bridgehead atoms. The van der Waals surface area contributed by atoms with Crippen LogP contribution in [0.25, 0.3) is 0 Å². The SMILES string of the molecule is CCCc1cc(=O)[nH]c(CSc2cccc(F)c2)n1. The van der Waals surface area contributed by atoms with Crippen molar-refractivity contribution in [2.24, 2.45) is 0 Å². The summed E-state index contributed by atoms with van der Waals surface area (Å²) < 4.78 is 13.0. The number of rotatable bonds is 5. The van der Waals surface area contributed by atoms with E-state index in [1.54, 1.807) is 6.07 Å². The highest BCUT2D eigenvalue weighted by Gasteiger charge is 2.03. The lowest BCUT2D eigenvalue weighted by Crippen LogP contribution is -2.12. The number of aryl methyl sites for hydroxylation is 1. The monoisotopic (exact) mass is 278 g/mol. The number of nitrogens with zero attached hydrogens (tertiary/aromatic N) is 1. The topological polar surface area (TPSA) is 45.8 Å². The van der Waals surface area contributed by atoms with Gasteiger partial charge in [0.2, 0.25) is 0 Å². The fraction of sp³-hybridized carbons (Fsp3) is 0.286. The van der Waals surface area contributed by atoms with Crippen molar-refractivity contribution in [2.45, 2.75) is 30.4 Å². The van der Waals surface area contributed by atoms with Crippen molar-refractivity contribution < 1.29 is 4.39 Å². The van der Waals surface area contributed by atoms with Crippen molar-refractivity contribution >= 4 is 11.8 Å². The first-order valence-corrected chi connectivity index (χ1v) is 7.13. The Kier molecular flexibility index (Phi) is 4.74. The first-order valence-electron chi connectivity index (χ1n) is 6.15. The summed E-state index contributed by atoms with van der Waals surface area (Å²) in [5.41, 5.74) is 0.675. The lowest BCUT2D eigenvalue weighted by atomic mass is 10.2. The molecule has 0 amide bonds. The van der Waals surface area contributed by atoms with Crippen LogP contribution in [-0.2, 0) is 12.2 Å². The molecule has 0 saturated carbocycles. The van der Waals surface area contributed by atoms with E-state index in [1.807, 2.05) is 13.0 Å². The molecule has 1 N–H and O–H groups in total. The van der Waals surface area contributed by atoms with Gasteiger partial charge >= 0.3 is 0 Å². The minimum absolute atomic E-state index is 0.131. The Morgan fingerprint density at radius 1 is 1.37 bits per heavy atom. The van der Waals surface area contributed by atoms with Crippen molar-refractivity contribution in [3.63, 3.8) is 0 Å². The predicted molar refractivity (Wildman–Crippen MR) is 74.8 cm³/mol. The van der Waals surface area contributed by atoms with E-state index >= 15 is 0 Å². The summed E-state index contributed by atoms with van der Waals surface area (Å²) in [5.74, 6) is 0.896. The number of benzene rings is 1. The quantitative estimate of drug-likeness (QED) is 0.855. The van der Waals surface area contributed by atoms with Crippen LogP contribution in [0, 0.1) is 5.82 Å². The van der Waals surface area contributed by atoms with Gasteiger partial charge in [0.25, 0.3) is 5.56 Å². The van der Waals surface area contributed by atoms with E-state index in [-0.39, 0.29) is 11.4 Å². The van der Waals surface area contributed by atoms with Crippen LogP contribution in [0.15, 0.2) is 40.0 Å². The van der Waals surface area contributed by atoms with Gasteiger partial charge in [-0.15, -0.1) is 11.8 Å². The zero-order valence-corrected chi connectivity index (χ0v) is 11.5. The molecule has 2 aromatic rings. The Labute approximate surface area is 115 Å². The van der Waals surface area contributed by atoms with Gasteiger partial charge in [-0.05, 0) is 24.6 Å². The van der Waals surface area contributed by atoms with E-state index in [9.17, 15) is 9.18 Å². The van der Waals surface area contributed by atoms with Gasteiger partial charge in [-0.2, -0.15) is 0 Å². The van der Waals surface area contributed by atoms with E-state index in [0.29, 0.717) is 11.6 Å². The molecule has 0 unspecified atom stereocenters. The van der Waals surface area contributed by atoms with Gasteiger partial charge in [0, 0.05) is 16.7 Å². The van der Waals surface area contributed by atoms with Gasteiger partial charge in [0.1, 0.15) is 11.6 Å². The zero-order valence-electron chi connectivity index (χ0n) is 10.6. The Hall–Kier alpha value is -1.62. The molecular weight excluding hydrogens is 263 g/mol. The number of thioether (sulfide) groups is 1. The lowest BCUT2D eigenvalue weighted by Gasteiger charge is -2.04. The minimum Gasteiger partial charge on any atom is -0.310 e. The molecule has 0 spiro atoms. The average molecular weight is 278 g/mol. The fourth-order valence-corrected chi connectivity index (χ4v) is 2.54. The van der Waals surface area contributed by atoms with Gasteiger partial charge in [-0.3, -0.25) is 4.79 Å². The molecular formula is C14H15FN2OS. The number of hydrogen-bond acceptors (Lipinski definition) is 3. The number of H-pyrrole nitrogens is 1. The molecule has 0 radical (unpaired) electrons. The van der Waals surface area contributed by atoms with E-state index in [0.717, 1.165) is 23.4 Å². The van der Waals surface area contributed by atoms with Crippen LogP contribution in [-0.4, -0.2) is 9.97 Å². The Balaban J connectivity index is 2.09. The summed E-state index contributed by atoms with van der Waals surface area (Å²) in [7, 11) is 0. The zero-order chi connectivity index (χ0) is 13.7. The van der Waals surface area contributed by atoms with Crippen LogP contribution in [0.1, 0.15) is 24.9 Å². The standard InChI is InChI=1S/C14H15FN2OS/c1-2-4-11-8-14(18)17-13(16-11)9-19-12-6-3-5-10(15)7-12/h3,5-8H,2,4,9H2,1H3,(H,16,17,18). The van der Waals surface area contributed by atoms with Crippen molar-refractivity contribution in [3.05, 3.63) is 58.0 Å². The smallest absolute Gasteiger partial charge is 0.251 e. The van der Waals surface area contributed by atoms with E-state index < -0.39 is 0 Å². The molecule has 0 atom stereocenters. The Bertz CT molecular complexity index is 612. The molecule has 100 valence electrons. The van der Waals surface area contributed by atoms with Crippen molar-refractivity contribution in [1.29, 1.82) is 0 Å². The summed E-state index contributed by atoms with van der Waals surface area (Å²) >= 11 is 1.45. The number of aromatic amines is 1. The van der Waals surface area contributed by atoms with Gasteiger partial charge in [-0.1, -0.05) is 19.4 Å². The molecule has 0 aliphatic carbocycles. The third kappa shape index (κ3) is 4.21. The van der Waals surface area contributed by atoms with E-state index in [1.165, 1.54) is 30.0 Å². The van der Waals surface area contributed by atoms with Crippen LogP contribution in [0.2, 0.25) is 0 Å². The Morgan fingerprint density at radius 3 is 2.95 bits per heavy atom. The number of halogens is 1. The second-order valence-electron chi connectivity index (χ2n) is 4.18. The highest BCUT2D eigenvalue weighted by Crippen LogP contribution is 2.21. The van der Waals surface area contributed by atoms with Gasteiger partial charge in [0.15, 0.2) is 0 Å². The maximum absolute atomic E-state index is 13.0. The van der Waals surface area contributed by atoms with Gasteiger partial charge in [0.05, 0.1) is 5.75 Å². The second kappa shape index (κ2) is 6.52. The van der Waals surface area contributed by atoms with Gasteiger partial charge < -0.3 is 4.98 Å². The summed E-state index contributed by atoms with van der Waals surface area (Å²) in [6.45, 7) is 2.05. The largest absolute Gasteiger partial charge is 0.310 e. The fourth-order valence-electron chi connectivity index (χ4n) is 1.72. The first-order chi connectivity index (χ1) is 9.17. The molecule has 0 aliphatic rings. The summed E-state index contributed by atoms with van der Waals surface area (Å²) in [4.78, 5) is 19.4. The highest BCUT2D eigenvalue weighted by molar-refractivity contribution is 7.98. The molecule has 1 heterocycles. The molecule has 19 heavy (non-hydrogen) atoms. The van der Waals surface area contributed by atoms with Crippen LogP contribution < -0.4 is 5.56 Å². The molecule has 2 rings (SSSR count). The molecule has 3 nitrogen and oxygen atoms in total. The maximum Gasteiger partial charge on any atom is 0.251 e. The predicted octanol–water partition coefficient (Wildman–Crippen LogP) is 3.15. The normalized spacial score (nSPS) is 10.6. The first kappa shape index (κ1) is 13.8. The molecule has 0 aliphatic heterocycles. The maximum atomic E-state index is 13.0. The lowest BCUT2D eigenvalue weighted by molar-refractivity contribution is 0.624. The summed E-state index contributed by atoms with van der Waals surface area (Å²) in [6.07, 6.45) is 1.74. The number of hydrogen-bond donors (Lipinski definition) is 1. The summed E-state index contributed by atoms with van der Waals surface area (Å²) in [5, 5.41) is 0. The minimum atomic E-state index is -0.258. The summed E-state index contributed by atoms with van der Waals surface area (Å²) in [6, 6.07) is 7.91. The van der Waals surface area contributed by atoms with Crippen LogP contribution in [0.3, 0.4) is 0 Å². The molecule has 0 saturated heterocycles. The van der Waals surface area contributed by atoms with E-state index in [2.05, 4.69) is 9.97 Å². The van der Waals surface area contributed by atoms with Crippen molar-refractivity contribution in [1.82, 2.24) is 9.97 Å². The third-order valence-corrected chi connectivity index (χ3v) is 3.53. The average Bonchev–Trinajstić information content (AvgIpc) is 2.36. The molecule has 1 aromatic heterocycles. The van der Waals surface area contributed by atoms with Crippen LogP contribution in [0.4, 0.5) is 4.39 Å². The van der Waals surface area contributed by atoms with E-state index in [4.69, 9.17) is 0 Å². The number of aromatic nitrogens is 2. The van der Waals surface area contributed by atoms with Crippen LogP contribution >= 0.6 is 11.8 Å². The van der Waals surface area contributed by atoms with Crippen molar-refractivity contribution in [2.75, 3.05) is 0 Å². The molecule has 5 heteroatoms. The Morgan fingerprint density at radius 2 is 2.21 bits per heavy atom. The molecule has 1 aromatic carbocycles. The van der Waals surface area contributed by atoms with Crippen molar-refractivity contribution in [3.8, 4) is 0 Å². The van der Waals surface area contributed by atoms with Gasteiger partial charge in [-0.25, -0.2) is 9.37 Å².